The molecule has 2 heterocycles. The Morgan fingerprint density at radius 2 is 1.53 bits per heavy atom. The van der Waals surface area contributed by atoms with Gasteiger partial charge in [-0.05, 0) is 48.5 Å². The molecule has 2 aromatic heterocycles. The molecule has 2 aromatic carbocycles. The fraction of sp³-hybridized carbons (Fsp3) is 0.0435. The molecule has 0 bridgehead atoms. The third-order valence-corrected chi connectivity index (χ3v) is 4.37. The van der Waals surface area contributed by atoms with Crippen LogP contribution in [0.2, 0.25) is 0 Å². The van der Waals surface area contributed by atoms with E-state index >= 15 is 0 Å². The average Bonchev–Trinajstić information content (AvgIpc) is 2.75. The highest BCUT2D eigenvalue weighted by Crippen LogP contribution is 2.22. The van der Waals surface area contributed by atoms with Crippen LogP contribution in [-0.4, -0.2) is 21.8 Å². The second kappa shape index (κ2) is 8.40. The van der Waals surface area contributed by atoms with Crippen LogP contribution in [0.1, 0.15) is 17.4 Å². The van der Waals surface area contributed by atoms with E-state index in [4.69, 9.17) is 0 Å². The van der Waals surface area contributed by atoms with Crippen molar-refractivity contribution in [3.63, 3.8) is 0 Å². The Morgan fingerprint density at radius 1 is 0.767 bits per heavy atom. The summed E-state index contributed by atoms with van der Waals surface area (Å²) >= 11 is 0. The van der Waals surface area contributed by atoms with Gasteiger partial charge in [-0.2, -0.15) is 0 Å². The van der Waals surface area contributed by atoms with E-state index in [1.165, 1.54) is 6.92 Å². The first-order chi connectivity index (χ1) is 14.6. The Hall–Kier alpha value is -4.26. The number of rotatable bonds is 5. The lowest BCUT2D eigenvalue weighted by Crippen LogP contribution is -2.14. The van der Waals surface area contributed by atoms with Crippen molar-refractivity contribution in [2.75, 3.05) is 16.0 Å². The zero-order valence-corrected chi connectivity index (χ0v) is 16.2. The molecule has 0 unspecified atom stereocenters. The van der Waals surface area contributed by atoms with Crippen LogP contribution in [0.3, 0.4) is 0 Å². The van der Waals surface area contributed by atoms with Gasteiger partial charge in [0.15, 0.2) is 0 Å². The number of nitrogens with zero attached hydrogens (tertiary/aromatic N) is 2. The second-order valence-electron chi connectivity index (χ2n) is 6.65. The van der Waals surface area contributed by atoms with Gasteiger partial charge in [-0.15, -0.1) is 0 Å². The van der Waals surface area contributed by atoms with Crippen LogP contribution in [0.4, 0.5) is 22.7 Å². The molecule has 0 saturated carbocycles. The molecule has 0 radical (unpaired) electrons. The van der Waals surface area contributed by atoms with E-state index < -0.39 is 0 Å². The molecule has 0 aliphatic heterocycles. The number of nitrogens with one attached hydrogen (secondary N) is 3. The van der Waals surface area contributed by atoms with E-state index in [0.29, 0.717) is 11.4 Å². The van der Waals surface area contributed by atoms with E-state index in [-0.39, 0.29) is 17.5 Å². The summed E-state index contributed by atoms with van der Waals surface area (Å²) in [7, 11) is 0. The lowest BCUT2D eigenvalue weighted by molar-refractivity contribution is -0.114. The van der Waals surface area contributed by atoms with E-state index in [1.54, 1.807) is 36.7 Å². The Bertz CT molecular complexity index is 1220. The molecular formula is C23H19N5O2. The minimum absolute atomic E-state index is 0.123. The predicted molar refractivity (Wildman–Crippen MR) is 118 cm³/mol. The van der Waals surface area contributed by atoms with E-state index in [1.807, 2.05) is 42.5 Å². The summed E-state index contributed by atoms with van der Waals surface area (Å²) in [6.07, 6.45) is 3.27. The molecule has 4 aromatic rings. The Balaban J connectivity index is 1.50. The zero-order valence-electron chi connectivity index (χ0n) is 16.2. The van der Waals surface area contributed by atoms with Gasteiger partial charge in [0.2, 0.25) is 5.91 Å². The number of aromatic nitrogens is 2. The maximum absolute atomic E-state index is 12.7. The summed E-state index contributed by atoms with van der Waals surface area (Å²) < 4.78 is 0. The molecule has 0 atom stereocenters. The normalized spacial score (nSPS) is 10.4. The lowest BCUT2D eigenvalue weighted by Gasteiger charge is -2.10. The quantitative estimate of drug-likeness (QED) is 0.458. The standard InChI is InChI=1S/C23H19N5O2/c1-15(29)26-17-7-9-18(10-8-17)27-19-11-13-24-21(14-19)23(30)28-20-6-2-4-16-5-3-12-25-22(16)20/h2-14H,1H3,(H,24,27)(H,26,29)(H,28,30). The maximum atomic E-state index is 12.7. The molecule has 0 fully saturated rings. The molecule has 148 valence electrons. The fourth-order valence-electron chi connectivity index (χ4n) is 3.03. The maximum Gasteiger partial charge on any atom is 0.274 e. The van der Waals surface area contributed by atoms with Crippen LogP contribution >= 0.6 is 0 Å². The highest BCUT2D eigenvalue weighted by Gasteiger charge is 2.11. The predicted octanol–water partition coefficient (Wildman–Crippen LogP) is 4.58. The van der Waals surface area contributed by atoms with Crippen molar-refractivity contribution in [1.82, 2.24) is 9.97 Å². The van der Waals surface area contributed by atoms with Crippen molar-refractivity contribution in [1.29, 1.82) is 0 Å². The van der Waals surface area contributed by atoms with Crippen LogP contribution in [0.25, 0.3) is 10.9 Å². The van der Waals surface area contributed by atoms with Crippen molar-refractivity contribution in [3.8, 4) is 0 Å². The summed E-state index contributed by atoms with van der Waals surface area (Å²) in [5.41, 5.74) is 3.89. The molecule has 0 saturated heterocycles. The van der Waals surface area contributed by atoms with Crippen LogP contribution in [0, 0.1) is 0 Å². The Kier molecular flexibility index (Phi) is 5.34. The summed E-state index contributed by atoms with van der Waals surface area (Å²) in [6.45, 7) is 1.46. The van der Waals surface area contributed by atoms with E-state index in [0.717, 1.165) is 22.3 Å². The van der Waals surface area contributed by atoms with Crippen molar-refractivity contribution in [3.05, 3.63) is 84.8 Å². The molecule has 0 aliphatic carbocycles. The fourth-order valence-corrected chi connectivity index (χ4v) is 3.03. The SMILES string of the molecule is CC(=O)Nc1ccc(Nc2ccnc(C(=O)Nc3cccc4cccnc34)c2)cc1. The largest absolute Gasteiger partial charge is 0.355 e. The summed E-state index contributed by atoms with van der Waals surface area (Å²) in [6, 6.07) is 20.1. The van der Waals surface area contributed by atoms with Gasteiger partial charge in [0, 0.05) is 41.8 Å². The Labute approximate surface area is 173 Å². The van der Waals surface area contributed by atoms with Gasteiger partial charge in [0.1, 0.15) is 5.69 Å². The first-order valence-electron chi connectivity index (χ1n) is 9.34. The lowest BCUT2D eigenvalue weighted by atomic mass is 10.2. The number of fused-ring (bicyclic) bond motifs is 1. The minimum atomic E-state index is -0.321. The Morgan fingerprint density at radius 3 is 2.33 bits per heavy atom. The number of pyridine rings is 2. The van der Waals surface area contributed by atoms with Crippen molar-refractivity contribution in [2.45, 2.75) is 6.92 Å². The third kappa shape index (κ3) is 4.41. The third-order valence-electron chi connectivity index (χ3n) is 4.37. The second-order valence-corrected chi connectivity index (χ2v) is 6.65. The molecule has 0 spiro atoms. The van der Waals surface area contributed by atoms with Crippen LogP contribution < -0.4 is 16.0 Å². The number of carbonyl (C=O) groups is 2. The number of anilines is 4. The number of hydrogen-bond acceptors (Lipinski definition) is 5. The van der Waals surface area contributed by atoms with Gasteiger partial charge in [0.05, 0.1) is 11.2 Å². The molecule has 2 amide bonds. The highest BCUT2D eigenvalue weighted by atomic mass is 16.2. The molecule has 7 nitrogen and oxygen atoms in total. The van der Waals surface area contributed by atoms with Gasteiger partial charge >= 0.3 is 0 Å². The molecule has 30 heavy (non-hydrogen) atoms. The average molecular weight is 397 g/mol. The monoisotopic (exact) mass is 397 g/mol. The van der Waals surface area contributed by atoms with Gasteiger partial charge < -0.3 is 16.0 Å². The first-order valence-corrected chi connectivity index (χ1v) is 9.34. The van der Waals surface area contributed by atoms with Crippen molar-refractivity contribution < 1.29 is 9.59 Å². The van der Waals surface area contributed by atoms with Crippen LogP contribution in [0.15, 0.2) is 79.1 Å². The number of amides is 2. The smallest absolute Gasteiger partial charge is 0.274 e. The number of para-hydroxylation sites is 1. The summed E-state index contributed by atoms with van der Waals surface area (Å²) in [5.74, 6) is -0.445. The molecule has 0 aliphatic rings. The van der Waals surface area contributed by atoms with Crippen LogP contribution in [-0.2, 0) is 4.79 Å². The van der Waals surface area contributed by atoms with E-state index in [2.05, 4.69) is 25.9 Å². The van der Waals surface area contributed by atoms with Gasteiger partial charge in [-0.3, -0.25) is 19.6 Å². The minimum Gasteiger partial charge on any atom is -0.355 e. The first kappa shape index (κ1) is 19.1. The van der Waals surface area contributed by atoms with Crippen molar-refractivity contribution >= 4 is 45.5 Å². The summed E-state index contributed by atoms with van der Waals surface area (Å²) in [5, 5.41) is 9.78. The van der Waals surface area contributed by atoms with Crippen LogP contribution in [0.5, 0.6) is 0 Å². The summed E-state index contributed by atoms with van der Waals surface area (Å²) in [4.78, 5) is 32.4. The highest BCUT2D eigenvalue weighted by molar-refractivity contribution is 6.07. The van der Waals surface area contributed by atoms with Crippen molar-refractivity contribution in [2.24, 2.45) is 0 Å². The number of carbonyl (C=O) groups excluding carboxylic acids is 2. The van der Waals surface area contributed by atoms with Gasteiger partial charge in [-0.25, -0.2) is 0 Å². The number of benzene rings is 2. The molecular weight excluding hydrogens is 378 g/mol. The topological polar surface area (TPSA) is 96.0 Å². The number of hydrogen-bond donors (Lipinski definition) is 3. The van der Waals surface area contributed by atoms with Gasteiger partial charge in [-0.1, -0.05) is 18.2 Å². The van der Waals surface area contributed by atoms with E-state index in [9.17, 15) is 9.59 Å². The molecule has 3 N–H and O–H groups in total. The van der Waals surface area contributed by atoms with Gasteiger partial charge in [0.25, 0.3) is 5.91 Å². The molecule has 7 heteroatoms. The zero-order chi connectivity index (χ0) is 20.9. The molecule has 4 rings (SSSR count).